The van der Waals surface area contributed by atoms with Gasteiger partial charge in [-0.25, -0.2) is 4.98 Å². The second-order valence-corrected chi connectivity index (χ2v) is 8.86. The van der Waals surface area contributed by atoms with Crippen molar-refractivity contribution in [3.63, 3.8) is 0 Å². The predicted molar refractivity (Wildman–Crippen MR) is 137 cm³/mol. The number of carbonyl (C=O) groups is 1. The van der Waals surface area contributed by atoms with Crippen molar-refractivity contribution in [1.82, 2.24) is 14.9 Å². The first-order valence-corrected chi connectivity index (χ1v) is 12.0. The van der Waals surface area contributed by atoms with E-state index in [1.165, 1.54) is 11.1 Å². The standard InChI is InChI=1S/C29H33N3O2/c1-21-15-16-25(19-22(21)2)34-18-10-9-17-32-27-14-8-7-13-26(27)31-29(32)23(3)30-28(33)20-24-11-5-4-6-12-24/h4-8,11-16,19,23H,9-10,17-18,20H2,1-3H3,(H,30,33). The summed E-state index contributed by atoms with van der Waals surface area (Å²) in [6.45, 7) is 7.72. The van der Waals surface area contributed by atoms with Gasteiger partial charge < -0.3 is 14.6 Å². The first kappa shape index (κ1) is 23.6. The van der Waals surface area contributed by atoms with Crippen molar-refractivity contribution in [2.45, 2.75) is 52.6 Å². The zero-order valence-electron chi connectivity index (χ0n) is 20.3. The van der Waals surface area contributed by atoms with E-state index in [2.05, 4.69) is 41.9 Å². The molecule has 0 spiro atoms. The Morgan fingerprint density at radius 2 is 1.74 bits per heavy atom. The maximum Gasteiger partial charge on any atom is 0.224 e. The van der Waals surface area contributed by atoms with Crippen molar-refractivity contribution in [3.8, 4) is 5.75 Å². The molecule has 4 aromatic rings. The number of benzene rings is 3. The number of nitrogens with zero attached hydrogens (tertiary/aromatic N) is 2. The zero-order valence-corrected chi connectivity index (χ0v) is 20.3. The molecule has 3 aromatic carbocycles. The molecule has 176 valence electrons. The van der Waals surface area contributed by atoms with E-state index < -0.39 is 0 Å². The summed E-state index contributed by atoms with van der Waals surface area (Å²) in [5.74, 6) is 1.81. The summed E-state index contributed by atoms with van der Waals surface area (Å²) >= 11 is 0. The second kappa shape index (κ2) is 11.0. The lowest BCUT2D eigenvalue weighted by Crippen LogP contribution is -2.30. The average Bonchev–Trinajstić information content (AvgIpc) is 3.20. The molecule has 1 amide bonds. The Bertz CT molecular complexity index is 1250. The number of aromatic nitrogens is 2. The van der Waals surface area contributed by atoms with Crippen LogP contribution in [0.1, 0.15) is 48.3 Å². The number of hydrogen-bond donors (Lipinski definition) is 1. The van der Waals surface area contributed by atoms with Crippen molar-refractivity contribution in [3.05, 3.63) is 95.3 Å². The molecule has 4 rings (SSSR count). The molecule has 5 nitrogen and oxygen atoms in total. The molecular weight excluding hydrogens is 422 g/mol. The lowest BCUT2D eigenvalue weighted by molar-refractivity contribution is -0.121. The van der Waals surface area contributed by atoms with Gasteiger partial charge in [0, 0.05) is 6.54 Å². The summed E-state index contributed by atoms with van der Waals surface area (Å²) < 4.78 is 8.19. The highest BCUT2D eigenvalue weighted by Crippen LogP contribution is 2.22. The van der Waals surface area contributed by atoms with E-state index in [1.54, 1.807) is 0 Å². The van der Waals surface area contributed by atoms with E-state index in [4.69, 9.17) is 9.72 Å². The van der Waals surface area contributed by atoms with Crippen molar-refractivity contribution in [1.29, 1.82) is 0 Å². The number of unbranched alkanes of at least 4 members (excludes halogenated alkanes) is 1. The maximum atomic E-state index is 12.6. The fraction of sp³-hybridized carbons (Fsp3) is 0.310. The average molecular weight is 456 g/mol. The number of carbonyl (C=O) groups excluding carboxylic acids is 1. The van der Waals surface area contributed by atoms with Crippen LogP contribution in [0.2, 0.25) is 0 Å². The Kier molecular flexibility index (Phi) is 7.63. The SMILES string of the molecule is Cc1ccc(OCCCCn2c(C(C)NC(=O)Cc3ccccc3)nc3ccccc32)cc1C. The number of nitrogens with one attached hydrogen (secondary N) is 1. The Morgan fingerprint density at radius 1 is 0.971 bits per heavy atom. The molecular formula is C29H33N3O2. The number of fused-ring (bicyclic) bond motifs is 1. The van der Waals surface area contributed by atoms with Gasteiger partial charge in [0.1, 0.15) is 11.6 Å². The molecule has 0 aliphatic rings. The van der Waals surface area contributed by atoms with E-state index in [0.717, 1.165) is 47.6 Å². The molecule has 1 heterocycles. The number of para-hydroxylation sites is 2. The normalized spacial score (nSPS) is 12.0. The van der Waals surface area contributed by atoms with Crippen LogP contribution in [0.25, 0.3) is 11.0 Å². The maximum absolute atomic E-state index is 12.6. The largest absolute Gasteiger partial charge is 0.494 e. The molecule has 1 N–H and O–H groups in total. The molecule has 0 fully saturated rings. The summed E-state index contributed by atoms with van der Waals surface area (Å²) in [5.41, 5.74) is 5.57. The van der Waals surface area contributed by atoms with Crippen LogP contribution < -0.4 is 10.1 Å². The van der Waals surface area contributed by atoms with Crippen molar-refractivity contribution in [2.24, 2.45) is 0 Å². The van der Waals surface area contributed by atoms with Gasteiger partial charge in [-0.2, -0.15) is 0 Å². The van der Waals surface area contributed by atoms with Crippen molar-refractivity contribution >= 4 is 16.9 Å². The van der Waals surface area contributed by atoms with Gasteiger partial charge in [-0.15, -0.1) is 0 Å². The summed E-state index contributed by atoms with van der Waals surface area (Å²) in [6, 6.07) is 24.0. The van der Waals surface area contributed by atoms with Crippen LogP contribution in [-0.4, -0.2) is 22.1 Å². The molecule has 5 heteroatoms. The van der Waals surface area contributed by atoms with E-state index in [-0.39, 0.29) is 11.9 Å². The minimum Gasteiger partial charge on any atom is -0.494 e. The fourth-order valence-corrected chi connectivity index (χ4v) is 4.16. The van der Waals surface area contributed by atoms with Crippen molar-refractivity contribution < 1.29 is 9.53 Å². The van der Waals surface area contributed by atoms with Crippen molar-refractivity contribution in [2.75, 3.05) is 6.61 Å². The Balaban J connectivity index is 1.38. The molecule has 1 aromatic heterocycles. The molecule has 0 aliphatic heterocycles. The molecule has 1 unspecified atom stereocenters. The smallest absolute Gasteiger partial charge is 0.224 e. The minimum atomic E-state index is -0.185. The minimum absolute atomic E-state index is 0.000836. The van der Waals surface area contributed by atoms with E-state index in [0.29, 0.717) is 13.0 Å². The number of aryl methyl sites for hydroxylation is 3. The van der Waals surface area contributed by atoms with Crippen LogP contribution in [0.3, 0.4) is 0 Å². The van der Waals surface area contributed by atoms with Gasteiger partial charge in [0.05, 0.1) is 30.1 Å². The van der Waals surface area contributed by atoms with Crippen LogP contribution in [0, 0.1) is 13.8 Å². The highest BCUT2D eigenvalue weighted by molar-refractivity contribution is 5.79. The van der Waals surface area contributed by atoms with E-state index >= 15 is 0 Å². The van der Waals surface area contributed by atoms with Crippen LogP contribution in [-0.2, 0) is 17.8 Å². The topological polar surface area (TPSA) is 56.1 Å². The predicted octanol–water partition coefficient (Wildman–Crippen LogP) is 5.93. The Hall–Kier alpha value is -3.60. The highest BCUT2D eigenvalue weighted by atomic mass is 16.5. The van der Waals surface area contributed by atoms with E-state index in [9.17, 15) is 4.79 Å². The third-order valence-corrected chi connectivity index (χ3v) is 6.18. The molecule has 0 aliphatic carbocycles. The van der Waals surface area contributed by atoms with Crippen LogP contribution in [0.4, 0.5) is 0 Å². The lowest BCUT2D eigenvalue weighted by atomic mass is 10.1. The quantitative estimate of drug-likeness (QED) is 0.302. The Morgan fingerprint density at radius 3 is 2.53 bits per heavy atom. The molecule has 1 atom stereocenters. The number of ether oxygens (including phenoxy) is 1. The third-order valence-electron chi connectivity index (χ3n) is 6.18. The molecule has 0 bridgehead atoms. The van der Waals surface area contributed by atoms with Crippen LogP contribution in [0.5, 0.6) is 5.75 Å². The summed E-state index contributed by atoms with van der Waals surface area (Å²) in [7, 11) is 0. The summed E-state index contributed by atoms with van der Waals surface area (Å²) in [4.78, 5) is 17.5. The molecule has 0 radical (unpaired) electrons. The van der Waals surface area contributed by atoms with Gasteiger partial charge in [0.2, 0.25) is 5.91 Å². The monoisotopic (exact) mass is 455 g/mol. The number of amides is 1. The van der Waals surface area contributed by atoms with Gasteiger partial charge >= 0.3 is 0 Å². The van der Waals surface area contributed by atoms with Gasteiger partial charge in [-0.1, -0.05) is 48.5 Å². The number of rotatable bonds is 10. The highest BCUT2D eigenvalue weighted by Gasteiger charge is 2.18. The summed E-state index contributed by atoms with van der Waals surface area (Å²) in [6.07, 6.45) is 2.26. The third kappa shape index (κ3) is 5.84. The van der Waals surface area contributed by atoms with Gasteiger partial charge in [-0.3, -0.25) is 4.79 Å². The molecule has 34 heavy (non-hydrogen) atoms. The zero-order chi connectivity index (χ0) is 23.9. The van der Waals surface area contributed by atoms with E-state index in [1.807, 2.05) is 61.5 Å². The second-order valence-electron chi connectivity index (χ2n) is 8.86. The van der Waals surface area contributed by atoms with Gasteiger partial charge in [-0.05, 0) is 74.6 Å². The van der Waals surface area contributed by atoms with Crippen LogP contribution in [0.15, 0.2) is 72.8 Å². The fourth-order valence-electron chi connectivity index (χ4n) is 4.16. The molecule has 0 saturated carbocycles. The van der Waals surface area contributed by atoms with Gasteiger partial charge in [0.25, 0.3) is 0 Å². The van der Waals surface area contributed by atoms with Gasteiger partial charge in [0.15, 0.2) is 0 Å². The summed E-state index contributed by atoms with van der Waals surface area (Å²) in [5, 5.41) is 3.13. The first-order valence-electron chi connectivity index (χ1n) is 12.0. The lowest BCUT2D eigenvalue weighted by Gasteiger charge is -2.17. The number of imidazole rings is 1. The first-order chi connectivity index (χ1) is 16.5. The van der Waals surface area contributed by atoms with Crippen LogP contribution >= 0.6 is 0 Å². The number of hydrogen-bond acceptors (Lipinski definition) is 3. The molecule has 0 saturated heterocycles. The Labute approximate surface area is 201 Å².